The zero-order chi connectivity index (χ0) is 28.3. The molecule has 0 aromatic heterocycles. The Hall–Kier alpha value is -3.54. The molecule has 0 aliphatic rings. The molecule has 3 N–H and O–H groups in total. The molecule has 0 aliphatic carbocycles. The third kappa shape index (κ3) is 11.4. The monoisotopic (exact) mass is 527 g/mol. The molecule has 1 aromatic rings. The molecule has 0 amide bonds. The summed E-state index contributed by atoms with van der Waals surface area (Å²) in [6, 6.07) is 4.05. The highest BCUT2D eigenvalue weighted by molar-refractivity contribution is 5.79. The zero-order valence-electron chi connectivity index (χ0n) is 22.3. The van der Waals surface area contributed by atoms with Gasteiger partial charge in [0.2, 0.25) is 0 Å². The van der Waals surface area contributed by atoms with E-state index in [1.54, 1.807) is 34.6 Å². The number of hydrogen-bond acceptors (Lipinski definition) is 11. The molecule has 0 heterocycles. The predicted molar refractivity (Wildman–Crippen MR) is 131 cm³/mol. The summed E-state index contributed by atoms with van der Waals surface area (Å²) in [5, 5.41) is 9.84. The molecule has 12 nitrogen and oxygen atoms in total. The van der Waals surface area contributed by atoms with E-state index in [2.05, 4.69) is 0 Å². The number of carbonyl (C=O) groups is 4. The van der Waals surface area contributed by atoms with Crippen LogP contribution in [0.2, 0.25) is 0 Å². The molecule has 0 saturated heterocycles. The van der Waals surface area contributed by atoms with Gasteiger partial charge in [-0.05, 0) is 65.7 Å². The lowest BCUT2D eigenvalue weighted by atomic mass is 9.86. The molecule has 0 spiro atoms. The molecule has 2 unspecified atom stereocenters. The molecular weight excluding hydrogens is 490 g/mol. The molecule has 3 atom stereocenters. The van der Waals surface area contributed by atoms with Crippen LogP contribution in [0, 0.1) is 0 Å². The van der Waals surface area contributed by atoms with Crippen molar-refractivity contribution in [3.63, 3.8) is 0 Å². The van der Waals surface area contributed by atoms with E-state index in [9.17, 15) is 24.3 Å². The lowest BCUT2D eigenvalue weighted by Crippen LogP contribution is -2.52. The maximum Gasteiger partial charge on any atom is 0.514 e. The van der Waals surface area contributed by atoms with Gasteiger partial charge in [0.1, 0.15) is 17.7 Å². The number of carbonyl (C=O) groups excluding carboxylic acids is 3. The highest BCUT2D eigenvalue weighted by Gasteiger charge is 2.37. The minimum absolute atomic E-state index is 0.155. The summed E-state index contributed by atoms with van der Waals surface area (Å²) in [6.45, 7) is 11.5. The van der Waals surface area contributed by atoms with Crippen LogP contribution in [0.25, 0.3) is 0 Å². The van der Waals surface area contributed by atoms with Crippen LogP contribution < -0.4 is 15.2 Å². The number of nitrogens with two attached hydrogens (primary N) is 1. The number of carboxylic acid groups (broad SMARTS) is 1. The van der Waals surface area contributed by atoms with E-state index in [0.29, 0.717) is 12.0 Å². The van der Waals surface area contributed by atoms with Gasteiger partial charge in [-0.3, -0.25) is 4.79 Å². The number of carboxylic acids is 1. The first-order valence-corrected chi connectivity index (χ1v) is 11.9. The fourth-order valence-corrected chi connectivity index (χ4v) is 3.03. The van der Waals surface area contributed by atoms with Gasteiger partial charge in [0.25, 0.3) is 0 Å². The highest BCUT2D eigenvalue weighted by Crippen LogP contribution is 2.31. The van der Waals surface area contributed by atoms with E-state index in [-0.39, 0.29) is 30.4 Å². The van der Waals surface area contributed by atoms with Gasteiger partial charge < -0.3 is 39.3 Å². The first-order valence-electron chi connectivity index (χ1n) is 11.9. The van der Waals surface area contributed by atoms with Crippen LogP contribution in [-0.4, -0.2) is 59.5 Å². The van der Waals surface area contributed by atoms with Crippen molar-refractivity contribution in [2.75, 3.05) is 0 Å². The molecule has 0 aliphatic heterocycles. The topological polar surface area (TPSA) is 170 Å². The normalized spacial score (nSPS) is 14.2. The summed E-state index contributed by atoms with van der Waals surface area (Å²) in [7, 11) is 0. The lowest BCUT2D eigenvalue weighted by molar-refractivity contribution is -0.144. The second-order valence-corrected chi connectivity index (χ2v) is 9.18. The molecule has 37 heavy (non-hydrogen) atoms. The van der Waals surface area contributed by atoms with Crippen molar-refractivity contribution >= 4 is 24.4 Å². The summed E-state index contributed by atoms with van der Waals surface area (Å²) in [6.07, 6.45) is -5.11. The third-order valence-corrected chi connectivity index (χ3v) is 4.83. The Balaban J connectivity index is 3.15. The van der Waals surface area contributed by atoms with Crippen molar-refractivity contribution < 1.29 is 52.7 Å². The Bertz CT molecular complexity index is 947. The third-order valence-electron chi connectivity index (χ3n) is 4.83. The SMILES string of the molecule is CCC(C)OC(=O)O[C@@H](C)CC(N)(Cc1ccc(OC(=O)OC(C)C)c(OC(=O)OC(C)C)c1)C(=O)O. The average molecular weight is 528 g/mol. The molecule has 1 aromatic carbocycles. The second kappa shape index (κ2) is 14.3. The number of hydrogen-bond donors (Lipinski definition) is 2. The van der Waals surface area contributed by atoms with Gasteiger partial charge in [-0.2, -0.15) is 0 Å². The van der Waals surface area contributed by atoms with Crippen LogP contribution in [0.1, 0.15) is 66.9 Å². The van der Waals surface area contributed by atoms with E-state index >= 15 is 0 Å². The van der Waals surface area contributed by atoms with Crippen molar-refractivity contribution in [1.29, 1.82) is 0 Å². The Labute approximate surface area is 216 Å². The first-order chi connectivity index (χ1) is 17.1. The predicted octanol–water partition coefficient (Wildman–Crippen LogP) is 4.59. The van der Waals surface area contributed by atoms with Crippen molar-refractivity contribution in [3.05, 3.63) is 23.8 Å². The molecule has 0 radical (unpaired) electrons. The minimum atomic E-state index is -1.87. The van der Waals surface area contributed by atoms with Gasteiger partial charge >= 0.3 is 24.4 Å². The summed E-state index contributed by atoms with van der Waals surface area (Å²) in [4.78, 5) is 48.1. The summed E-state index contributed by atoms with van der Waals surface area (Å²) >= 11 is 0. The number of rotatable bonds is 12. The lowest BCUT2D eigenvalue weighted by Gasteiger charge is -2.28. The second-order valence-electron chi connectivity index (χ2n) is 9.18. The molecule has 0 bridgehead atoms. The molecule has 0 fully saturated rings. The summed E-state index contributed by atoms with van der Waals surface area (Å²) in [5.41, 5.74) is 4.66. The minimum Gasteiger partial charge on any atom is -0.480 e. The van der Waals surface area contributed by atoms with Crippen LogP contribution in [0.3, 0.4) is 0 Å². The Morgan fingerprint density at radius 3 is 1.81 bits per heavy atom. The van der Waals surface area contributed by atoms with Gasteiger partial charge in [-0.1, -0.05) is 13.0 Å². The van der Waals surface area contributed by atoms with Gasteiger partial charge in [0.15, 0.2) is 11.5 Å². The van der Waals surface area contributed by atoms with Gasteiger partial charge in [0.05, 0.1) is 12.2 Å². The Morgan fingerprint density at radius 1 is 0.811 bits per heavy atom. The fraction of sp³-hybridized carbons (Fsp3) is 0.600. The molecular formula is C25H37NO11. The Kier molecular flexibility index (Phi) is 12.1. The maximum absolute atomic E-state index is 12.1. The fourth-order valence-electron chi connectivity index (χ4n) is 3.03. The maximum atomic E-state index is 12.1. The molecule has 0 saturated carbocycles. The van der Waals surface area contributed by atoms with Gasteiger partial charge in [-0.25, -0.2) is 14.4 Å². The van der Waals surface area contributed by atoms with E-state index in [0.717, 1.165) is 0 Å². The van der Waals surface area contributed by atoms with Crippen molar-refractivity contribution in [2.24, 2.45) is 5.73 Å². The van der Waals surface area contributed by atoms with Crippen molar-refractivity contribution in [1.82, 2.24) is 0 Å². The molecule has 208 valence electrons. The van der Waals surface area contributed by atoms with Crippen LogP contribution >= 0.6 is 0 Å². The zero-order valence-corrected chi connectivity index (χ0v) is 22.3. The van der Waals surface area contributed by atoms with Crippen molar-refractivity contribution in [3.8, 4) is 11.5 Å². The first kappa shape index (κ1) is 31.5. The summed E-state index contributed by atoms with van der Waals surface area (Å²) in [5.74, 6) is -1.71. The summed E-state index contributed by atoms with van der Waals surface area (Å²) < 4.78 is 30.4. The quantitative estimate of drug-likeness (QED) is 0.220. The number of aliphatic carboxylic acids is 1. The van der Waals surface area contributed by atoms with E-state index in [1.807, 2.05) is 6.92 Å². The van der Waals surface area contributed by atoms with E-state index in [4.69, 9.17) is 34.2 Å². The highest BCUT2D eigenvalue weighted by atomic mass is 16.8. The smallest absolute Gasteiger partial charge is 0.480 e. The average Bonchev–Trinajstić information content (AvgIpc) is 2.73. The Morgan fingerprint density at radius 2 is 1.32 bits per heavy atom. The molecule has 12 heteroatoms. The van der Waals surface area contributed by atoms with Crippen LogP contribution in [0.15, 0.2) is 18.2 Å². The van der Waals surface area contributed by atoms with Crippen LogP contribution in [0.5, 0.6) is 11.5 Å². The van der Waals surface area contributed by atoms with Gasteiger partial charge in [-0.15, -0.1) is 0 Å². The van der Waals surface area contributed by atoms with Crippen LogP contribution in [0.4, 0.5) is 14.4 Å². The van der Waals surface area contributed by atoms with Gasteiger partial charge in [0, 0.05) is 12.8 Å². The van der Waals surface area contributed by atoms with Crippen molar-refractivity contribution in [2.45, 2.75) is 97.7 Å². The van der Waals surface area contributed by atoms with E-state index in [1.165, 1.54) is 25.1 Å². The number of ether oxygens (including phenoxy) is 6. The number of benzene rings is 1. The standard InChI is InChI=1S/C25H37NO11/c1-8-16(6)34-24(31)35-17(7)12-25(26,21(27)28)13-18-9-10-19(36-22(29)32-14(2)3)20(11-18)37-23(30)33-15(4)5/h9-11,14-17H,8,12-13,26H2,1-7H3,(H,27,28)/t16?,17-,25?/m0/s1. The van der Waals surface area contributed by atoms with E-state index < -0.39 is 48.3 Å². The largest absolute Gasteiger partial charge is 0.514 e. The molecule has 1 rings (SSSR count). The van der Waals surface area contributed by atoms with Crippen LogP contribution in [-0.2, 0) is 30.2 Å².